The van der Waals surface area contributed by atoms with Crippen molar-refractivity contribution in [3.8, 4) is 23.0 Å². The van der Waals surface area contributed by atoms with Crippen LogP contribution in [0.25, 0.3) is 10.9 Å². The summed E-state index contributed by atoms with van der Waals surface area (Å²) in [5, 5.41) is 0.717. The number of nitrogens with zero attached hydrogens (tertiary/aromatic N) is 1. The van der Waals surface area contributed by atoms with Crippen LogP contribution in [0.3, 0.4) is 0 Å². The molecule has 0 unspecified atom stereocenters. The zero-order valence-corrected chi connectivity index (χ0v) is 19.9. The summed E-state index contributed by atoms with van der Waals surface area (Å²) in [4.78, 5) is 16.0. The van der Waals surface area contributed by atoms with Gasteiger partial charge in [-0.05, 0) is 42.0 Å². The van der Waals surface area contributed by atoms with Crippen LogP contribution in [0.2, 0.25) is 0 Å². The summed E-state index contributed by atoms with van der Waals surface area (Å²) in [6, 6.07) is 18.7. The van der Waals surface area contributed by atoms with Gasteiger partial charge in [-0.3, -0.25) is 4.79 Å². The smallest absolute Gasteiger partial charge is 0.252 e. The maximum Gasteiger partial charge on any atom is 0.252 e. The third-order valence-corrected chi connectivity index (χ3v) is 7.91. The molecule has 0 aliphatic carbocycles. The number of H-pyrrole nitrogens is 1. The van der Waals surface area contributed by atoms with Crippen molar-refractivity contribution in [3.05, 3.63) is 88.2 Å². The monoisotopic (exact) mass is 506 g/mol. The van der Waals surface area contributed by atoms with Gasteiger partial charge in [0.2, 0.25) is 16.8 Å². The maximum atomic E-state index is 13.7. The van der Waals surface area contributed by atoms with Crippen molar-refractivity contribution in [2.24, 2.45) is 0 Å². The van der Waals surface area contributed by atoms with Crippen LogP contribution in [0, 0.1) is 0 Å². The average Bonchev–Trinajstić information content (AvgIpc) is 3.36. The predicted octanol–water partition coefficient (Wildman–Crippen LogP) is 3.42. The molecule has 6 rings (SSSR count). The number of fused-ring (bicyclic) bond motifs is 3. The van der Waals surface area contributed by atoms with Crippen LogP contribution in [0.1, 0.15) is 11.1 Å². The Morgan fingerprint density at radius 1 is 0.778 bits per heavy atom. The van der Waals surface area contributed by atoms with Gasteiger partial charge in [0.25, 0.3) is 5.56 Å². The second kappa shape index (κ2) is 8.89. The van der Waals surface area contributed by atoms with Gasteiger partial charge in [0.05, 0.1) is 10.4 Å². The van der Waals surface area contributed by atoms with E-state index in [4.69, 9.17) is 18.9 Å². The topological polar surface area (TPSA) is 107 Å². The molecule has 4 aromatic rings. The van der Waals surface area contributed by atoms with Crippen molar-refractivity contribution in [1.82, 2.24) is 9.29 Å². The lowest BCUT2D eigenvalue weighted by molar-refractivity contribution is 0.172. The highest BCUT2D eigenvalue weighted by Gasteiger charge is 2.27. The van der Waals surface area contributed by atoms with Crippen molar-refractivity contribution in [3.63, 3.8) is 0 Å². The lowest BCUT2D eigenvalue weighted by Crippen LogP contribution is -2.32. The molecule has 3 aromatic carbocycles. The molecule has 0 spiro atoms. The van der Waals surface area contributed by atoms with Crippen molar-refractivity contribution < 1.29 is 27.4 Å². The molecular weight excluding hydrogens is 484 g/mol. The van der Waals surface area contributed by atoms with E-state index in [-0.39, 0.29) is 30.3 Å². The van der Waals surface area contributed by atoms with Crippen LogP contribution in [-0.2, 0) is 23.1 Å². The summed E-state index contributed by atoms with van der Waals surface area (Å²) in [5.41, 5.74) is 1.22. The Bertz CT molecular complexity index is 1620. The minimum Gasteiger partial charge on any atom is -0.486 e. The Morgan fingerprint density at radius 3 is 2.31 bits per heavy atom. The van der Waals surface area contributed by atoms with Crippen molar-refractivity contribution in [2.45, 2.75) is 18.0 Å². The van der Waals surface area contributed by atoms with E-state index in [9.17, 15) is 13.2 Å². The molecule has 1 aromatic heterocycles. The summed E-state index contributed by atoms with van der Waals surface area (Å²) >= 11 is 0. The normalized spacial score (nSPS) is 14.4. The molecule has 36 heavy (non-hydrogen) atoms. The Labute approximate surface area is 206 Å². The second-order valence-corrected chi connectivity index (χ2v) is 10.4. The molecule has 1 N–H and O–H groups in total. The zero-order chi connectivity index (χ0) is 24.7. The van der Waals surface area contributed by atoms with Crippen molar-refractivity contribution in [2.75, 3.05) is 20.0 Å². The maximum absolute atomic E-state index is 13.7. The number of ether oxygens (including phenoxy) is 4. The number of nitrogens with one attached hydrogen (secondary N) is 1. The van der Waals surface area contributed by atoms with Gasteiger partial charge in [0.15, 0.2) is 23.0 Å². The highest BCUT2D eigenvalue weighted by atomic mass is 32.2. The van der Waals surface area contributed by atoms with Crippen LogP contribution in [0.15, 0.2) is 76.4 Å². The molecule has 2 aliphatic rings. The number of sulfonamides is 1. The molecule has 184 valence electrons. The Balaban J connectivity index is 1.40. The second-order valence-electron chi connectivity index (χ2n) is 8.48. The van der Waals surface area contributed by atoms with Gasteiger partial charge in [-0.2, -0.15) is 4.31 Å². The summed E-state index contributed by atoms with van der Waals surface area (Å²) in [5.74, 6) is 2.31. The van der Waals surface area contributed by atoms with E-state index in [1.807, 2.05) is 0 Å². The van der Waals surface area contributed by atoms with E-state index < -0.39 is 10.0 Å². The Hall–Kier alpha value is -4.02. The van der Waals surface area contributed by atoms with Crippen molar-refractivity contribution in [1.29, 1.82) is 0 Å². The molecule has 0 amide bonds. The van der Waals surface area contributed by atoms with E-state index in [1.165, 1.54) is 16.4 Å². The Kier molecular flexibility index (Phi) is 5.54. The van der Waals surface area contributed by atoms with Crippen LogP contribution in [0.4, 0.5) is 0 Å². The molecule has 0 bridgehead atoms. The quantitative estimate of drug-likeness (QED) is 0.427. The standard InChI is InChI=1S/C26H22N2O7S/c29-26-19(11-18-12-24-25(13-21(18)27-26)33-9-8-32-24)15-28(36(30,31)20-4-2-1-3-5-20)14-17-6-7-22-23(10-17)35-16-34-22/h1-7,10-13H,8-9,14-16H2,(H,27,29). The highest BCUT2D eigenvalue weighted by Crippen LogP contribution is 2.35. The number of pyridine rings is 1. The largest absolute Gasteiger partial charge is 0.486 e. The molecule has 0 atom stereocenters. The van der Waals surface area contributed by atoms with Crippen LogP contribution in [0.5, 0.6) is 23.0 Å². The number of hydrogen-bond donors (Lipinski definition) is 1. The summed E-state index contributed by atoms with van der Waals surface area (Å²) in [6.07, 6.45) is 0. The van der Waals surface area contributed by atoms with Gasteiger partial charge in [-0.25, -0.2) is 8.42 Å². The molecule has 0 radical (unpaired) electrons. The van der Waals surface area contributed by atoms with Crippen LogP contribution in [-0.4, -0.2) is 37.7 Å². The van der Waals surface area contributed by atoms with E-state index in [0.717, 1.165) is 0 Å². The SMILES string of the molecule is O=c1[nH]c2cc3c(cc2cc1CN(Cc1ccc2c(c1)OCO2)S(=O)(=O)c1ccccc1)OCCO3. The fourth-order valence-electron chi connectivity index (χ4n) is 4.31. The molecule has 2 aliphatic heterocycles. The number of hydrogen-bond acceptors (Lipinski definition) is 7. The first kappa shape index (κ1) is 22.4. The van der Waals surface area contributed by atoms with E-state index in [2.05, 4.69) is 4.98 Å². The van der Waals surface area contributed by atoms with Gasteiger partial charge in [-0.15, -0.1) is 0 Å². The molecule has 0 saturated carbocycles. The fourth-order valence-corrected chi connectivity index (χ4v) is 5.73. The fraction of sp³-hybridized carbons (Fsp3) is 0.192. The predicted molar refractivity (Wildman–Crippen MR) is 131 cm³/mol. The highest BCUT2D eigenvalue weighted by molar-refractivity contribution is 7.89. The molecule has 0 saturated heterocycles. The molecule has 0 fully saturated rings. The van der Waals surface area contributed by atoms with E-state index in [1.54, 1.807) is 54.6 Å². The third kappa shape index (κ3) is 4.14. The third-order valence-electron chi connectivity index (χ3n) is 6.11. The number of aromatic amines is 1. The number of aromatic nitrogens is 1. The van der Waals surface area contributed by atoms with Gasteiger partial charge < -0.3 is 23.9 Å². The summed E-state index contributed by atoms with van der Waals surface area (Å²) in [7, 11) is -3.93. The van der Waals surface area contributed by atoms with Gasteiger partial charge in [0.1, 0.15) is 13.2 Å². The molecular formula is C26H22N2O7S. The minimum absolute atomic E-state index is 0.0342. The first-order valence-electron chi connectivity index (χ1n) is 11.4. The Morgan fingerprint density at radius 2 is 1.50 bits per heavy atom. The first-order valence-corrected chi connectivity index (χ1v) is 12.8. The molecule has 3 heterocycles. The first-order chi connectivity index (χ1) is 17.5. The zero-order valence-electron chi connectivity index (χ0n) is 19.1. The van der Waals surface area contributed by atoms with Gasteiger partial charge in [0, 0.05) is 30.1 Å². The molecule has 10 heteroatoms. The van der Waals surface area contributed by atoms with Gasteiger partial charge >= 0.3 is 0 Å². The van der Waals surface area contributed by atoms with E-state index >= 15 is 0 Å². The average molecular weight is 507 g/mol. The van der Waals surface area contributed by atoms with Gasteiger partial charge in [-0.1, -0.05) is 24.3 Å². The van der Waals surface area contributed by atoms with Crippen LogP contribution >= 0.6 is 0 Å². The minimum atomic E-state index is -3.93. The summed E-state index contributed by atoms with van der Waals surface area (Å²) in [6.45, 7) is 0.897. The van der Waals surface area contributed by atoms with E-state index in [0.29, 0.717) is 58.2 Å². The summed E-state index contributed by atoms with van der Waals surface area (Å²) < 4.78 is 50.7. The molecule has 9 nitrogen and oxygen atoms in total. The lowest BCUT2D eigenvalue weighted by Gasteiger charge is -2.23. The lowest BCUT2D eigenvalue weighted by atomic mass is 10.1. The number of rotatable bonds is 6. The van der Waals surface area contributed by atoms with Crippen molar-refractivity contribution >= 4 is 20.9 Å². The van der Waals surface area contributed by atoms with Crippen LogP contribution < -0.4 is 24.5 Å². The number of benzene rings is 3.